The van der Waals surface area contributed by atoms with Crippen molar-refractivity contribution in [3.8, 4) is 0 Å². The van der Waals surface area contributed by atoms with E-state index in [1.54, 1.807) is 0 Å². The third-order valence-corrected chi connectivity index (χ3v) is 4.66. The van der Waals surface area contributed by atoms with Gasteiger partial charge in [-0.1, -0.05) is 13.2 Å². The van der Waals surface area contributed by atoms with E-state index >= 15 is 0 Å². The molecule has 0 radical (unpaired) electrons. The van der Waals surface area contributed by atoms with E-state index < -0.39 is 20.8 Å². The van der Waals surface area contributed by atoms with Crippen LogP contribution in [-0.4, -0.2) is 29.3 Å². The van der Waals surface area contributed by atoms with Gasteiger partial charge in [0.2, 0.25) is 0 Å². The van der Waals surface area contributed by atoms with Crippen LogP contribution in [0.15, 0.2) is 25.3 Å². The minimum atomic E-state index is -4.38. The van der Waals surface area contributed by atoms with Crippen molar-refractivity contribution in [2.45, 2.75) is 31.4 Å². The fourth-order valence-corrected chi connectivity index (χ4v) is 2.01. The fraction of sp³-hybridized carbons (Fsp3) is 0.500. The van der Waals surface area contributed by atoms with E-state index in [0.717, 1.165) is 12.2 Å². The Labute approximate surface area is 107 Å². The summed E-state index contributed by atoms with van der Waals surface area (Å²) in [5, 5.41) is 0. The number of allylic oxidation sites excluding steroid dienone is 2. The molecular formula is C12H18O5S. The zero-order valence-electron chi connectivity index (χ0n) is 10.5. The molecule has 0 fully saturated rings. The third kappa shape index (κ3) is 4.19. The molecule has 0 spiro atoms. The van der Waals surface area contributed by atoms with Crippen molar-refractivity contribution < 1.29 is 22.6 Å². The van der Waals surface area contributed by atoms with Gasteiger partial charge in [-0.15, -0.1) is 0 Å². The van der Waals surface area contributed by atoms with Crippen molar-refractivity contribution in [1.82, 2.24) is 0 Å². The summed E-state index contributed by atoms with van der Waals surface area (Å²) in [7, 11) is -4.38. The van der Waals surface area contributed by atoms with Gasteiger partial charge in [0.25, 0.3) is 10.1 Å². The number of carbonyl (C=O) groups is 2. The first-order chi connectivity index (χ1) is 8.06. The second-order valence-electron chi connectivity index (χ2n) is 4.52. The van der Waals surface area contributed by atoms with E-state index in [9.17, 15) is 22.6 Å². The zero-order valence-corrected chi connectivity index (χ0v) is 11.4. The third-order valence-electron chi connectivity index (χ3n) is 3.00. The number of hydrogen-bond acceptors (Lipinski definition) is 4. The van der Waals surface area contributed by atoms with Gasteiger partial charge in [0.1, 0.15) is 0 Å². The number of ketones is 2. The van der Waals surface area contributed by atoms with Gasteiger partial charge in [0.15, 0.2) is 11.6 Å². The predicted octanol–water partition coefficient (Wildman–Crippen LogP) is 1.56. The largest absolute Gasteiger partial charge is 0.295 e. The highest BCUT2D eigenvalue weighted by Crippen LogP contribution is 2.31. The molecule has 102 valence electrons. The summed E-state index contributed by atoms with van der Waals surface area (Å²) in [5.41, 5.74) is 0. The van der Waals surface area contributed by atoms with Crippen molar-refractivity contribution in [2.24, 2.45) is 5.92 Å². The van der Waals surface area contributed by atoms with Gasteiger partial charge >= 0.3 is 0 Å². The molecule has 0 aromatic rings. The van der Waals surface area contributed by atoms with Gasteiger partial charge in [-0.2, -0.15) is 8.42 Å². The molecule has 0 bridgehead atoms. The maximum absolute atomic E-state index is 11.3. The van der Waals surface area contributed by atoms with E-state index in [0.29, 0.717) is 0 Å². The molecular weight excluding hydrogens is 256 g/mol. The van der Waals surface area contributed by atoms with Crippen LogP contribution in [0.3, 0.4) is 0 Å². The van der Waals surface area contributed by atoms with E-state index in [-0.39, 0.29) is 24.4 Å². The molecule has 0 rings (SSSR count). The Morgan fingerprint density at radius 1 is 1.17 bits per heavy atom. The summed E-state index contributed by atoms with van der Waals surface area (Å²) >= 11 is 0. The molecule has 0 aromatic carbocycles. The first-order valence-electron chi connectivity index (χ1n) is 5.33. The average Bonchev–Trinajstić information content (AvgIpc) is 2.25. The van der Waals surface area contributed by atoms with Crippen LogP contribution in [0, 0.1) is 5.92 Å². The lowest BCUT2D eigenvalue weighted by atomic mass is 9.85. The summed E-state index contributed by atoms with van der Waals surface area (Å²) in [6.07, 6.45) is 1.78. The molecule has 1 N–H and O–H groups in total. The Morgan fingerprint density at radius 3 is 1.72 bits per heavy atom. The lowest BCUT2D eigenvalue weighted by Crippen LogP contribution is -2.41. The van der Waals surface area contributed by atoms with Crippen LogP contribution < -0.4 is 0 Å². The Hall–Kier alpha value is -1.27. The molecule has 18 heavy (non-hydrogen) atoms. The van der Waals surface area contributed by atoms with Crippen molar-refractivity contribution in [1.29, 1.82) is 0 Å². The number of hydrogen-bond donors (Lipinski definition) is 1. The first kappa shape index (κ1) is 16.7. The highest BCUT2D eigenvalue weighted by atomic mass is 32.2. The van der Waals surface area contributed by atoms with Crippen LogP contribution in [0.4, 0.5) is 0 Å². The van der Waals surface area contributed by atoms with Crippen LogP contribution in [0.2, 0.25) is 0 Å². The van der Waals surface area contributed by atoms with Gasteiger partial charge in [-0.05, 0) is 31.9 Å². The van der Waals surface area contributed by atoms with E-state index in [1.165, 1.54) is 13.8 Å². The molecule has 0 aliphatic heterocycles. The van der Waals surface area contributed by atoms with Crippen molar-refractivity contribution in [3.05, 3.63) is 25.3 Å². The first-order valence-corrected chi connectivity index (χ1v) is 6.77. The highest BCUT2D eigenvalue weighted by molar-refractivity contribution is 7.87. The molecule has 0 heterocycles. The van der Waals surface area contributed by atoms with Gasteiger partial charge in [0, 0.05) is 12.8 Å². The molecule has 5 nitrogen and oxygen atoms in total. The molecule has 0 saturated carbocycles. The average molecular weight is 274 g/mol. The predicted molar refractivity (Wildman–Crippen MR) is 68.8 cm³/mol. The second-order valence-corrected chi connectivity index (χ2v) is 6.53. The van der Waals surface area contributed by atoms with Gasteiger partial charge in [0.05, 0.1) is 4.75 Å². The Bertz CT molecular complexity index is 437. The van der Waals surface area contributed by atoms with Crippen molar-refractivity contribution >= 4 is 21.7 Å². The highest BCUT2D eigenvalue weighted by Gasteiger charge is 2.42. The van der Waals surface area contributed by atoms with Gasteiger partial charge < -0.3 is 0 Å². The number of carbonyl (C=O) groups excluding carboxylic acids is 2. The molecule has 6 heteroatoms. The number of rotatable bonds is 8. The SMILES string of the molecule is C=CC(=O)CC(CC(=O)C=C)C(C)(C)S(=O)(=O)O. The summed E-state index contributed by atoms with van der Waals surface area (Å²) in [5.74, 6) is -1.59. The fourth-order valence-electron chi connectivity index (χ4n) is 1.43. The quantitative estimate of drug-likeness (QED) is 0.536. The topological polar surface area (TPSA) is 88.5 Å². The Kier molecular flexibility index (Phi) is 5.63. The second kappa shape index (κ2) is 6.06. The molecule has 0 atom stereocenters. The zero-order chi connectivity index (χ0) is 14.6. The molecule has 0 unspecified atom stereocenters. The van der Waals surface area contributed by atoms with E-state index in [1.807, 2.05) is 0 Å². The molecule has 0 aliphatic carbocycles. The molecule has 0 aromatic heterocycles. The standard InChI is InChI=1S/C12H18O5S/c1-5-10(13)7-9(8-11(14)6-2)12(3,4)18(15,16)17/h5-6,9H,1-2,7-8H2,3-4H3,(H,15,16,17). The van der Waals surface area contributed by atoms with Gasteiger partial charge in [-0.3, -0.25) is 14.1 Å². The molecule has 0 amide bonds. The van der Waals surface area contributed by atoms with Crippen LogP contribution >= 0.6 is 0 Å². The van der Waals surface area contributed by atoms with Crippen LogP contribution in [0.5, 0.6) is 0 Å². The lowest BCUT2D eigenvalue weighted by Gasteiger charge is -2.30. The minimum absolute atomic E-state index is 0.171. The minimum Gasteiger partial charge on any atom is -0.295 e. The van der Waals surface area contributed by atoms with Crippen molar-refractivity contribution in [2.75, 3.05) is 0 Å². The van der Waals surface area contributed by atoms with Crippen LogP contribution in [0.25, 0.3) is 0 Å². The van der Waals surface area contributed by atoms with Crippen LogP contribution in [-0.2, 0) is 19.7 Å². The summed E-state index contributed by atoms with van der Waals surface area (Å²) in [6, 6.07) is 0. The smallest absolute Gasteiger partial charge is 0.270 e. The maximum atomic E-state index is 11.3. The van der Waals surface area contributed by atoms with E-state index in [2.05, 4.69) is 13.2 Å². The lowest BCUT2D eigenvalue weighted by molar-refractivity contribution is -0.117. The monoisotopic (exact) mass is 274 g/mol. The molecule has 0 saturated heterocycles. The molecule has 0 aliphatic rings. The summed E-state index contributed by atoms with van der Waals surface area (Å²) in [6.45, 7) is 9.14. The summed E-state index contributed by atoms with van der Waals surface area (Å²) in [4.78, 5) is 22.7. The van der Waals surface area contributed by atoms with Crippen LogP contribution in [0.1, 0.15) is 26.7 Å². The van der Waals surface area contributed by atoms with Gasteiger partial charge in [-0.25, -0.2) is 0 Å². The Balaban J connectivity index is 5.32. The Morgan fingerprint density at radius 2 is 1.50 bits per heavy atom. The van der Waals surface area contributed by atoms with Crippen molar-refractivity contribution in [3.63, 3.8) is 0 Å². The summed E-state index contributed by atoms with van der Waals surface area (Å²) < 4.78 is 30.2. The van der Waals surface area contributed by atoms with E-state index in [4.69, 9.17) is 0 Å². The maximum Gasteiger partial charge on any atom is 0.270 e. The normalized spacial score (nSPS) is 12.2.